The van der Waals surface area contributed by atoms with Crippen LogP contribution in [-0.2, 0) is 11.3 Å². The van der Waals surface area contributed by atoms with E-state index in [1.807, 2.05) is 78.9 Å². The summed E-state index contributed by atoms with van der Waals surface area (Å²) >= 11 is 0. The zero-order valence-electron chi connectivity index (χ0n) is 18.8. The maximum atomic E-state index is 13.4. The molecule has 0 spiro atoms. The quantitative estimate of drug-likeness (QED) is 0.600. The van der Waals surface area contributed by atoms with Crippen LogP contribution >= 0.6 is 0 Å². The van der Waals surface area contributed by atoms with Gasteiger partial charge in [-0.25, -0.2) is 0 Å². The first-order valence-electron chi connectivity index (χ1n) is 11.1. The lowest BCUT2D eigenvalue weighted by atomic mass is 10.0. The highest BCUT2D eigenvalue weighted by Gasteiger charge is 2.30. The molecule has 0 unspecified atom stereocenters. The Morgan fingerprint density at radius 1 is 1.00 bits per heavy atom. The summed E-state index contributed by atoms with van der Waals surface area (Å²) in [7, 11) is 1.62. The van der Waals surface area contributed by atoms with Crippen LogP contribution in [0.1, 0.15) is 22.7 Å². The van der Waals surface area contributed by atoms with E-state index in [0.717, 1.165) is 44.0 Å². The molecule has 0 bridgehead atoms. The Bertz CT molecular complexity index is 1100. The summed E-state index contributed by atoms with van der Waals surface area (Å²) in [6.45, 7) is 4.17. The fourth-order valence-corrected chi connectivity index (χ4v) is 4.20. The Morgan fingerprint density at radius 2 is 1.73 bits per heavy atom. The number of benzene rings is 3. The number of nitriles is 1. The van der Waals surface area contributed by atoms with Crippen LogP contribution in [0.25, 0.3) is 0 Å². The highest BCUT2D eigenvalue weighted by Crippen LogP contribution is 2.26. The first-order chi connectivity index (χ1) is 16.2. The largest absolute Gasteiger partial charge is 0.497 e. The molecule has 1 heterocycles. The van der Waals surface area contributed by atoms with Gasteiger partial charge in [-0.1, -0.05) is 48.5 Å². The lowest BCUT2D eigenvalue weighted by Gasteiger charge is -2.38. The summed E-state index contributed by atoms with van der Waals surface area (Å²) in [5.74, 6) is 0.662. The van der Waals surface area contributed by atoms with Crippen LogP contribution in [0.4, 0.5) is 5.69 Å². The molecule has 4 rings (SSSR count). The Hall–Kier alpha value is -3.66. The molecule has 1 N–H and O–H groups in total. The van der Waals surface area contributed by atoms with Crippen molar-refractivity contribution in [3.63, 3.8) is 0 Å². The zero-order chi connectivity index (χ0) is 23.0. The normalized spacial score (nSPS) is 15.4. The molecule has 0 saturated carbocycles. The van der Waals surface area contributed by atoms with Gasteiger partial charge in [0.1, 0.15) is 11.8 Å². The summed E-state index contributed by atoms with van der Waals surface area (Å²) in [6.07, 6.45) is 0. The van der Waals surface area contributed by atoms with E-state index in [1.165, 1.54) is 5.56 Å². The van der Waals surface area contributed by atoms with E-state index in [4.69, 9.17) is 10.00 Å². The number of methoxy groups -OCH3 is 1. The minimum Gasteiger partial charge on any atom is -0.497 e. The fourth-order valence-electron chi connectivity index (χ4n) is 4.20. The van der Waals surface area contributed by atoms with Gasteiger partial charge in [0.25, 0.3) is 0 Å². The van der Waals surface area contributed by atoms with Gasteiger partial charge in [-0.3, -0.25) is 14.6 Å². The van der Waals surface area contributed by atoms with E-state index in [0.29, 0.717) is 11.3 Å². The first-order valence-corrected chi connectivity index (χ1v) is 11.1. The molecule has 1 aliphatic heterocycles. The summed E-state index contributed by atoms with van der Waals surface area (Å²) in [4.78, 5) is 18.1. The number of hydrogen-bond donors (Lipinski definition) is 1. The number of rotatable bonds is 7. The topological polar surface area (TPSA) is 68.6 Å². The van der Waals surface area contributed by atoms with Crippen LogP contribution in [0.2, 0.25) is 0 Å². The van der Waals surface area contributed by atoms with Gasteiger partial charge in [0.15, 0.2) is 0 Å². The maximum Gasteiger partial charge on any atom is 0.246 e. The molecule has 3 aromatic carbocycles. The molecule has 0 aliphatic carbocycles. The smallest absolute Gasteiger partial charge is 0.246 e. The molecule has 0 radical (unpaired) electrons. The molecule has 6 heteroatoms. The summed E-state index contributed by atoms with van der Waals surface area (Å²) in [5.41, 5.74) is 3.58. The van der Waals surface area contributed by atoms with Gasteiger partial charge in [0.2, 0.25) is 5.91 Å². The van der Waals surface area contributed by atoms with Crippen molar-refractivity contribution in [2.24, 2.45) is 0 Å². The third kappa shape index (κ3) is 5.78. The molecule has 1 amide bonds. The highest BCUT2D eigenvalue weighted by atomic mass is 16.5. The molecule has 1 aliphatic rings. The van der Waals surface area contributed by atoms with Crippen LogP contribution in [0, 0.1) is 11.3 Å². The predicted molar refractivity (Wildman–Crippen MR) is 129 cm³/mol. The number of amides is 1. The van der Waals surface area contributed by atoms with E-state index in [9.17, 15) is 4.79 Å². The van der Waals surface area contributed by atoms with E-state index in [1.54, 1.807) is 7.11 Å². The van der Waals surface area contributed by atoms with Crippen LogP contribution in [0.3, 0.4) is 0 Å². The number of hydrogen-bond acceptors (Lipinski definition) is 5. The molecular formula is C27H28N4O2. The number of ether oxygens (including phenoxy) is 1. The fraction of sp³-hybridized carbons (Fsp3) is 0.259. The molecule has 0 aromatic heterocycles. The molecular weight excluding hydrogens is 412 g/mol. The molecule has 168 valence electrons. The van der Waals surface area contributed by atoms with Crippen molar-refractivity contribution >= 4 is 11.6 Å². The van der Waals surface area contributed by atoms with Crippen LogP contribution in [0.15, 0.2) is 78.9 Å². The molecule has 33 heavy (non-hydrogen) atoms. The van der Waals surface area contributed by atoms with E-state index in [2.05, 4.69) is 21.2 Å². The minimum atomic E-state index is -0.366. The van der Waals surface area contributed by atoms with E-state index < -0.39 is 0 Å². The van der Waals surface area contributed by atoms with Crippen molar-refractivity contribution in [1.29, 1.82) is 5.26 Å². The van der Waals surface area contributed by atoms with E-state index in [-0.39, 0.29) is 11.9 Å². The molecule has 3 aromatic rings. The second-order valence-corrected chi connectivity index (χ2v) is 8.16. The highest BCUT2D eigenvalue weighted by molar-refractivity contribution is 5.95. The van der Waals surface area contributed by atoms with Gasteiger partial charge in [0, 0.05) is 44.5 Å². The van der Waals surface area contributed by atoms with Crippen molar-refractivity contribution in [2.45, 2.75) is 12.6 Å². The summed E-state index contributed by atoms with van der Waals surface area (Å²) in [6, 6.07) is 26.9. The summed E-state index contributed by atoms with van der Waals surface area (Å²) in [5, 5.41) is 12.1. The zero-order valence-corrected chi connectivity index (χ0v) is 18.8. The molecule has 1 fully saturated rings. The number of nitrogens with zero attached hydrogens (tertiary/aromatic N) is 3. The van der Waals surface area contributed by atoms with E-state index >= 15 is 0 Å². The average Bonchev–Trinajstić information content (AvgIpc) is 2.86. The maximum absolute atomic E-state index is 13.4. The van der Waals surface area contributed by atoms with Gasteiger partial charge in [-0.05, 0) is 35.4 Å². The second kappa shape index (κ2) is 10.8. The lowest BCUT2D eigenvalue weighted by Crippen LogP contribution is -2.49. The third-order valence-electron chi connectivity index (χ3n) is 5.96. The number of carbonyl (C=O) groups is 1. The van der Waals surface area contributed by atoms with Gasteiger partial charge in [-0.2, -0.15) is 5.26 Å². The van der Waals surface area contributed by atoms with Gasteiger partial charge < -0.3 is 10.1 Å². The SMILES string of the molecule is COc1cccc(NC(=O)[C@H](c2ccccc2)N2CCN(Cc3ccc(C#N)cc3)CC2)c1. The van der Waals surface area contributed by atoms with Crippen molar-refractivity contribution in [3.05, 3.63) is 95.6 Å². The van der Waals surface area contributed by atoms with Crippen molar-refractivity contribution in [1.82, 2.24) is 9.80 Å². The Balaban J connectivity index is 1.44. The van der Waals surface area contributed by atoms with Crippen LogP contribution in [0.5, 0.6) is 5.75 Å². The molecule has 1 saturated heterocycles. The van der Waals surface area contributed by atoms with Crippen LogP contribution in [-0.4, -0.2) is 49.0 Å². The van der Waals surface area contributed by atoms with Gasteiger partial charge in [0.05, 0.1) is 18.7 Å². The third-order valence-corrected chi connectivity index (χ3v) is 5.96. The van der Waals surface area contributed by atoms with Crippen molar-refractivity contribution in [3.8, 4) is 11.8 Å². The Morgan fingerprint density at radius 3 is 2.39 bits per heavy atom. The minimum absolute atomic E-state index is 0.0463. The standard InChI is InChI=1S/C27H28N4O2/c1-33-25-9-5-8-24(18-25)29-27(32)26(23-6-3-2-4-7-23)31-16-14-30(15-17-31)20-22-12-10-21(19-28)11-13-22/h2-13,18,26H,14-17,20H2,1H3,(H,29,32)/t26-/m0/s1. The molecule has 1 atom stereocenters. The van der Waals surface area contributed by atoms with Gasteiger partial charge in [-0.15, -0.1) is 0 Å². The second-order valence-electron chi connectivity index (χ2n) is 8.16. The van der Waals surface area contributed by atoms with Crippen molar-refractivity contribution < 1.29 is 9.53 Å². The van der Waals surface area contributed by atoms with Gasteiger partial charge >= 0.3 is 0 Å². The Kier molecular flexibility index (Phi) is 7.36. The monoisotopic (exact) mass is 440 g/mol. The van der Waals surface area contributed by atoms with Crippen LogP contribution < -0.4 is 10.1 Å². The number of carbonyl (C=O) groups excluding carboxylic acids is 1. The Labute approximate surface area is 195 Å². The average molecular weight is 441 g/mol. The number of anilines is 1. The molecule has 6 nitrogen and oxygen atoms in total. The van der Waals surface area contributed by atoms with Crippen molar-refractivity contribution in [2.75, 3.05) is 38.6 Å². The summed E-state index contributed by atoms with van der Waals surface area (Å²) < 4.78 is 5.29. The lowest BCUT2D eigenvalue weighted by molar-refractivity contribution is -0.122. The number of piperazine rings is 1. The number of nitrogens with one attached hydrogen (secondary N) is 1. The predicted octanol–water partition coefficient (Wildman–Crippen LogP) is 4.06. The first kappa shape index (κ1) is 22.5.